The molecule has 1 fully saturated rings. The van der Waals surface area contributed by atoms with Crippen LogP contribution in [-0.2, 0) is 10.0 Å². The van der Waals surface area contributed by atoms with Gasteiger partial charge in [-0.3, -0.25) is 0 Å². The predicted molar refractivity (Wildman–Crippen MR) is 62.2 cm³/mol. The monoisotopic (exact) mass is 256 g/mol. The van der Waals surface area contributed by atoms with Crippen molar-refractivity contribution in [2.75, 3.05) is 20.1 Å². The van der Waals surface area contributed by atoms with Crippen LogP contribution < -0.4 is 4.72 Å². The van der Waals surface area contributed by atoms with Crippen LogP contribution >= 0.6 is 0 Å². The van der Waals surface area contributed by atoms with Gasteiger partial charge >= 0.3 is 0 Å². The van der Waals surface area contributed by atoms with Gasteiger partial charge in [-0.05, 0) is 26.8 Å². The normalized spacial score (nSPS) is 22.4. The number of hydrogen-bond acceptors (Lipinski definition) is 5. The quantitative estimate of drug-likeness (QED) is 0.754. The van der Waals surface area contributed by atoms with E-state index in [4.69, 9.17) is 10.5 Å². The zero-order valence-corrected chi connectivity index (χ0v) is 10.8. The number of rotatable bonds is 3. The number of likely N-dealkylation sites (tertiary alicyclic amines) is 1. The molecule has 0 spiro atoms. The smallest absolute Gasteiger partial charge is 0.229 e. The Morgan fingerprint density at radius 3 is 2.29 bits per heavy atom. The van der Waals surface area contributed by atoms with Crippen molar-refractivity contribution in [2.45, 2.75) is 30.6 Å². The molecule has 1 rings (SSSR count). The molecule has 7 heteroatoms. The molecule has 94 valence electrons. The van der Waals surface area contributed by atoms with Crippen LogP contribution in [0.15, 0.2) is 0 Å². The third-order valence-corrected chi connectivity index (χ3v) is 4.75. The highest BCUT2D eigenvalue weighted by atomic mass is 32.2. The molecular formula is C10H16N4O2S. The van der Waals surface area contributed by atoms with E-state index in [1.54, 1.807) is 6.07 Å². The van der Waals surface area contributed by atoms with E-state index in [-0.39, 0.29) is 0 Å². The molecule has 1 aliphatic rings. The molecular weight excluding hydrogens is 240 g/mol. The molecule has 6 nitrogen and oxygen atoms in total. The highest BCUT2D eigenvalue weighted by molar-refractivity contribution is 7.90. The first-order valence-corrected chi connectivity index (χ1v) is 6.92. The minimum atomic E-state index is -3.75. The average Bonchev–Trinajstić information content (AvgIpc) is 2.31. The summed E-state index contributed by atoms with van der Waals surface area (Å²) in [5.74, 6) is 0. The van der Waals surface area contributed by atoms with Gasteiger partial charge in [-0.2, -0.15) is 15.2 Å². The minimum Gasteiger partial charge on any atom is -0.306 e. The number of piperidine rings is 1. The third kappa shape index (κ3) is 3.16. The lowest BCUT2D eigenvalue weighted by Crippen LogP contribution is -2.55. The van der Waals surface area contributed by atoms with Crippen LogP contribution in [0.5, 0.6) is 0 Å². The molecule has 0 aromatic rings. The summed E-state index contributed by atoms with van der Waals surface area (Å²) in [5.41, 5.74) is -1.06. The van der Waals surface area contributed by atoms with Crippen molar-refractivity contribution in [1.29, 1.82) is 10.5 Å². The molecule has 1 heterocycles. The van der Waals surface area contributed by atoms with Crippen molar-refractivity contribution in [3.63, 3.8) is 0 Å². The number of nitriles is 2. The van der Waals surface area contributed by atoms with Gasteiger partial charge in [0.05, 0.1) is 12.1 Å². The predicted octanol–water partition coefficient (Wildman–Crippen LogP) is -0.194. The van der Waals surface area contributed by atoms with Crippen molar-refractivity contribution in [3.05, 3.63) is 0 Å². The van der Waals surface area contributed by atoms with E-state index in [9.17, 15) is 8.42 Å². The Hall–Kier alpha value is -1.15. The summed E-state index contributed by atoms with van der Waals surface area (Å²) < 4.78 is 25.9. The van der Waals surface area contributed by atoms with E-state index in [1.165, 1.54) is 6.92 Å². The molecule has 1 atom stereocenters. The van der Waals surface area contributed by atoms with Gasteiger partial charge in [0.2, 0.25) is 10.0 Å². The van der Waals surface area contributed by atoms with Gasteiger partial charge in [-0.25, -0.2) is 8.42 Å². The first kappa shape index (κ1) is 13.9. The molecule has 0 saturated carbocycles. The topological polar surface area (TPSA) is 97.0 Å². The lowest BCUT2D eigenvalue weighted by Gasteiger charge is -2.35. The Bertz CT molecular complexity index is 452. The van der Waals surface area contributed by atoms with Crippen molar-refractivity contribution in [3.8, 4) is 12.1 Å². The van der Waals surface area contributed by atoms with E-state index in [0.717, 1.165) is 0 Å². The molecule has 0 aromatic carbocycles. The van der Waals surface area contributed by atoms with Crippen LogP contribution in [0.4, 0.5) is 0 Å². The fourth-order valence-electron chi connectivity index (χ4n) is 1.67. The summed E-state index contributed by atoms with van der Waals surface area (Å²) in [6.07, 6.45) is 0.884. The highest BCUT2D eigenvalue weighted by Crippen LogP contribution is 2.22. The number of sulfonamides is 1. The Labute approximate surface area is 102 Å². The van der Waals surface area contributed by atoms with Gasteiger partial charge in [-0.1, -0.05) is 0 Å². The van der Waals surface area contributed by atoms with Crippen LogP contribution in [0.25, 0.3) is 0 Å². The van der Waals surface area contributed by atoms with Crippen molar-refractivity contribution in [2.24, 2.45) is 0 Å². The zero-order valence-electron chi connectivity index (χ0n) is 9.97. The van der Waals surface area contributed by atoms with Crippen molar-refractivity contribution in [1.82, 2.24) is 9.62 Å². The zero-order chi connectivity index (χ0) is 13.1. The van der Waals surface area contributed by atoms with Gasteiger partial charge < -0.3 is 4.90 Å². The van der Waals surface area contributed by atoms with E-state index in [2.05, 4.69) is 4.72 Å². The van der Waals surface area contributed by atoms with Crippen LogP contribution in [0.3, 0.4) is 0 Å². The van der Waals surface area contributed by atoms with Crippen LogP contribution in [0.1, 0.15) is 19.8 Å². The van der Waals surface area contributed by atoms with Crippen molar-refractivity contribution >= 4 is 10.0 Å². The SMILES string of the molecule is CC(C#N)S(=O)(=O)NC1(C#N)CCN(C)CC1. The Kier molecular flexibility index (Phi) is 4.10. The molecule has 0 amide bonds. The van der Waals surface area contributed by atoms with E-state index in [1.807, 2.05) is 18.0 Å². The van der Waals surface area contributed by atoms with Gasteiger partial charge in [0.1, 0.15) is 5.54 Å². The number of nitrogens with one attached hydrogen (secondary N) is 1. The minimum absolute atomic E-state index is 0.442. The Balaban J connectivity index is 2.86. The first-order valence-electron chi connectivity index (χ1n) is 5.37. The second-order valence-corrected chi connectivity index (χ2v) is 6.42. The lowest BCUT2D eigenvalue weighted by molar-refractivity contribution is 0.213. The van der Waals surface area contributed by atoms with Gasteiger partial charge in [-0.15, -0.1) is 0 Å². The summed E-state index contributed by atoms with van der Waals surface area (Å²) in [6.45, 7) is 2.64. The molecule has 1 unspecified atom stereocenters. The van der Waals surface area contributed by atoms with Crippen LogP contribution in [-0.4, -0.2) is 44.2 Å². The fourth-order valence-corrected chi connectivity index (χ4v) is 2.78. The second-order valence-electron chi connectivity index (χ2n) is 4.42. The third-order valence-electron chi connectivity index (χ3n) is 3.04. The lowest BCUT2D eigenvalue weighted by atomic mass is 9.91. The Morgan fingerprint density at radius 1 is 1.35 bits per heavy atom. The molecule has 0 bridgehead atoms. The summed E-state index contributed by atoms with van der Waals surface area (Å²) in [4.78, 5) is 2.04. The van der Waals surface area contributed by atoms with Gasteiger partial charge in [0.25, 0.3) is 0 Å². The molecule has 0 radical (unpaired) electrons. The summed E-state index contributed by atoms with van der Waals surface area (Å²) in [5, 5.41) is 16.7. The number of nitrogens with zero attached hydrogens (tertiary/aromatic N) is 3. The Morgan fingerprint density at radius 2 is 1.88 bits per heavy atom. The molecule has 0 aromatic heterocycles. The maximum Gasteiger partial charge on any atom is 0.229 e. The number of hydrogen-bond donors (Lipinski definition) is 1. The molecule has 0 aliphatic carbocycles. The first-order chi connectivity index (χ1) is 7.85. The molecule has 17 heavy (non-hydrogen) atoms. The van der Waals surface area contributed by atoms with E-state index in [0.29, 0.717) is 25.9 Å². The molecule has 1 aliphatic heterocycles. The maximum atomic E-state index is 11.8. The maximum absolute atomic E-state index is 11.8. The van der Waals surface area contributed by atoms with E-state index < -0.39 is 20.8 Å². The summed E-state index contributed by atoms with van der Waals surface area (Å²) in [7, 11) is -1.83. The van der Waals surface area contributed by atoms with Crippen LogP contribution in [0, 0.1) is 22.7 Å². The standard InChI is InChI=1S/C10H16N4O2S/c1-9(7-11)17(15,16)13-10(8-12)3-5-14(2)6-4-10/h9,13H,3-6H2,1-2H3. The summed E-state index contributed by atoms with van der Waals surface area (Å²) in [6, 6.07) is 3.72. The fraction of sp³-hybridized carbons (Fsp3) is 0.800. The highest BCUT2D eigenvalue weighted by Gasteiger charge is 2.39. The molecule has 1 N–H and O–H groups in total. The van der Waals surface area contributed by atoms with Crippen LogP contribution in [0.2, 0.25) is 0 Å². The largest absolute Gasteiger partial charge is 0.306 e. The molecule has 1 saturated heterocycles. The summed E-state index contributed by atoms with van der Waals surface area (Å²) >= 11 is 0. The second kappa shape index (κ2) is 5.01. The average molecular weight is 256 g/mol. The van der Waals surface area contributed by atoms with E-state index >= 15 is 0 Å². The van der Waals surface area contributed by atoms with Gasteiger partial charge in [0.15, 0.2) is 5.25 Å². The van der Waals surface area contributed by atoms with Gasteiger partial charge in [0, 0.05) is 13.1 Å². The van der Waals surface area contributed by atoms with Crippen molar-refractivity contribution < 1.29 is 8.42 Å².